The lowest BCUT2D eigenvalue weighted by Gasteiger charge is -2.12. The Balaban J connectivity index is 1.94. The number of methoxy groups -OCH3 is 1. The Labute approximate surface area is 143 Å². The third-order valence-corrected chi connectivity index (χ3v) is 4.41. The summed E-state index contributed by atoms with van der Waals surface area (Å²) in [5.41, 5.74) is 1.54. The van der Waals surface area contributed by atoms with E-state index in [9.17, 15) is 4.79 Å². The second-order valence-corrected chi connectivity index (χ2v) is 6.87. The normalized spacial score (nSPS) is 11.2. The number of hydrogen-bond acceptors (Lipinski definition) is 6. The molecule has 0 saturated carbocycles. The van der Waals surface area contributed by atoms with Gasteiger partial charge in [-0.05, 0) is 31.0 Å². The van der Waals surface area contributed by atoms with Crippen molar-refractivity contribution in [2.45, 2.75) is 27.2 Å². The first kappa shape index (κ1) is 16.4. The molecule has 1 amide bonds. The van der Waals surface area contributed by atoms with E-state index >= 15 is 0 Å². The van der Waals surface area contributed by atoms with Crippen LogP contribution in [0.2, 0.25) is 0 Å². The molecule has 0 unspecified atom stereocenters. The summed E-state index contributed by atoms with van der Waals surface area (Å²) in [6.45, 7) is 5.87. The summed E-state index contributed by atoms with van der Waals surface area (Å²) in [6, 6.07) is 5.62. The minimum atomic E-state index is -0.0329. The van der Waals surface area contributed by atoms with Gasteiger partial charge in [-0.15, -0.1) is 10.2 Å². The van der Waals surface area contributed by atoms with Gasteiger partial charge in [-0.3, -0.25) is 4.79 Å². The summed E-state index contributed by atoms with van der Waals surface area (Å²) in [5.74, 6) is 1.62. The van der Waals surface area contributed by atoms with Crippen LogP contribution in [0.15, 0.2) is 18.2 Å². The summed E-state index contributed by atoms with van der Waals surface area (Å²) in [5, 5.41) is 16.3. The Morgan fingerprint density at radius 3 is 2.83 bits per heavy atom. The van der Waals surface area contributed by atoms with Gasteiger partial charge in [0.25, 0.3) is 0 Å². The number of anilines is 1. The van der Waals surface area contributed by atoms with Crippen LogP contribution in [-0.2, 0) is 4.79 Å². The number of nitrogens with one attached hydrogen (secondary N) is 1. The topological polar surface area (TPSA) is 81.4 Å². The Morgan fingerprint density at radius 2 is 2.17 bits per heavy atom. The van der Waals surface area contributed by atoms with Crippen molar-refractivity contribution in [3.05, 3.63) is 24.0 Å². The van der Waals surface area contributed by atoms with Crippen molar-refractivity contribution in [3.8, 4) is 16.3 Å². The molecular formula is C16H19N5O2S. The van der Waals surface area contributed by atoms with Gasteiger partial charge in [-0.1, -0.05) is 25.2 Å². The highest BCUT2D eigenvalue weighted by Gasteiger charge is 2.14. The first-order chi connectivity index (χ1) is 11.5. The molecule has 0 aliphatic rings. The Bertz CT molecular complexity index is 884. The number of rotatable bonds is 5. The second kappa shape index (κ2) is 6.56. The summed E-state index contributed by atoms with van der Waals surface area (Å²) in [7, 11) is 1.58. The van der Waals surface area contributed by atoms with Crippen LogP contribution in [0, 0.1) is 12.8 Å². The van der Waals surface area contributed by atoms with E-state index in [1.54, 1.807) is 11.6 Å². The molecule has 3 aromatic rings. The van der Waals surface area contributed by atoms with Crippen LogP contribution in [0.3, 0.4) is 0 Å². The maximum Gasteiger partial charge on any atom is 0.234 e. The first-order valence-corrected chi connectivity index (χ1v) is 8.46. The van der Waals surface area contributed by atoms with Crippen molar-refractivity contribution >= 4 is 27.9 Å². The fourth-order valence-corrected chi connectivity index (χ4v) is 3.22. The predicted molar refractivity (Wildman–Crippen MR) is 93.5 cm³/mol. The smallest absolute Gasteiger partial charge is 0.234 e. The molecule has 0 spiro atoms. The van der Waals surface area contributed by atoms with E-state index in [0.29, 0.717) is 23.8 Å². The van der Waals surface area contributed by atoms with E-state index in [1.165, 1.54) is 11.3 Å². The van der Waals surface area contributed by atoms with E-state index in [1.807, 2.05) is 39.0 Å². The zero-order chi connectivity index (χ0) is 17.3. The summed E-state index contributed by atoms with van der Waals surface area (Å²) >= 11 is 1.45. The molecule has 24 heavy (non-hydrogen) atoms. The molecule has 1 aromatic carbocycles. The molecule has 8 heteroatoms. The van der Waals surface area contributed by atoms with Crippen molar-refractivity contribution in [3.63, 3.8) is 0 Å². The molecule has 126 valence electrons. The lowest BCUT2D eigenvalue weighted by Crippen LogP contribution is -2.14. The lowest BCUT2D eigenvalue weighted by molar-refractivity contribution is -0.116. The number of carbonyl (C=O) groups excluding carboxylic acids is 1. The van der Waals surface area contributed by atoms with Crippen molar-refractivity contribution in [2.75, 3.05) is 12.4 Å². The van der Waals surface area contributed by atoms with E-state index in [4.69, 9.17) is 4.74 Å². The maximum absolute atomic E-state index is 12.1. The summed E-state index contributed by atoms with van der Waals surface area (Å²) in [4.78, 5) is 12.8. The Kier molecular flexibility index (Phi) is 4.48. The molecule has 0 radical (unpaired) electrons. The Morgan fingerprint density at radius 1 is 1.38 bits per heavy atom. The van der Waals surface area contributed by atoms with Crippen LogP contribution >= 0.6 is 11.3 Å². The average Bonchev–Trinajstić information content (AvgIpc) is 3.09. The number of amides is 1. The van der Waals surface area contributed by atoms with Crippen LogP contribution in [0.25, 0.3) is 15.5 Å². The number of hydrogen-bond donors (Lipinski definition) is 1. The largest absolute Gasteiger partial charge is 0.495 e. The van der Waals surface area contributed by atoms with Crippen LogP contribution < -0.4 is 10.1 Å². The molecule has 0 atom stereocenters. The minimum absolute atomic E-state index is 0.0329. The van der Waals surface area contributed by atoms with Gasteiger partial charge in [0, 0.05) is 12.0 Å². The van der Waals surface area contributed by atoms with Gasteiger partial charge in [-0.25, -0.2) is 0 Å². The number of aromatic nitrogens is 4. The number of ether oxygens (including phenoxy) is 1. The molecule has 2 aromatic heterocycles. The summed E-state index contributed by atoms with van der Waals surface area (Å²) in [6.07, 6.45) is 0.462. The monoisotopic (exact) mass is 345 g/mol. The van der Waals surface area contributed by atoms with Gasteiger partial charge in [-0.2, -0.15) is 9.61 Å². The maximum atomic E-state index is 12.1. The second-order valence-electron chi connectivity index (χ2n) is 5.91. The van der Waals surface area contributed by atoms with Crippen LogP contribution in [0.1, 0.15) is 26.1 Å². The van der Waals surface area contributed by atoms with E-state index in [2.05, 4.69) is 20.6 Å². The van der Waals surface area contributed by atoms with Gasteiger partial charge in [0.15, 0.2) is 5.82 Å². The molecule has 0 aliphatic heterocycles. The van der Waals surface area contributed by atoms with Crippen LogP contribution in [0.4, 0.5) is 5.69 Å². The van der Waals surface area contributed by atoms with Crippen molar-refractivity contribution < 1.29 is 9.53 Å². The SMILES string of the molecule is COc1ccc(-c2nn3c(C)nnc3s2)cc1NC(=O)CC(C)C. The van der Waals surface area contributed by atoms with Gasteiger partial charge < -0.3 is 10.1 Å². The first-order valence-electron chi connectivity index (χ1n) is 7.65. The van der Waals surface area contributed by atoms with Gasteiger partial charge in [0.2, 0.25) is 10.9 Å². The molecule has 1 N–H and O–H groups in total. The highest BCUT2D eigenvalue weighted by atomic mass is 32.1. The van der Waals surface area contributed by atoms with E-state index < -0.39 is 0 Å². The van der Waals surface area contributed by atoms with Gasteiger partial charge in [0.1, 0.15) is 10.8 Å². The third-order valence-electron chi connectivity index (χ3n) is 3.46. The average molecular weight is 345 g/mol. The molecule has 2 heterocycles. The zero-order valence-electron chi connectivity index (χ0n) is 14.0. The molecular weight excluding hydrogens is 326 g/mol. The molecule has 7 nitrogen and oxygen atoms in total. The lowest BCUT2D eigenvalue weighted by atomic mass is 10.1. The molecule has 0 aliphatic carbocycles. The van der Waals surface area contributed by atoms with Crippen molar-refractivity contribution in [2.24, 2.45) is 5.92 Å². The van der Waals surface area contributed by atoms with Crippen molar-refractivity contribution in [1.82, 2.24) is 19.8 Å². The third kappa shape index (κ3) is 3.23. The van der Waals surface area contributed by atoms with Crippen molar-refractivity contribution in [1.29, 1.82) is 0 Å². The highest BCUT2D eigenvalue weighted by Crippen LogP contribution is 2.33. The number of benzene rings is 1. The molecule has 0 fully saturated rings. The van der Waals surface area contributed by atoms with Crippen LogP contribution in [-0.4, -0.2) is 32.8 Å². The van der Waals surface area contributed by atoms with Gasteiger partial charge >= 0.3 is 0 Å². The number of nitrogens with zero attached hydrogens (tertiary/aromatic N) is 4. The quantitative estimate of drug-likeness (QED) is 0.768. The Hall–Kier alpha value is -2.48. The molecule has 0 bridgehead atoms. The molecule has 0 saturated heterocycles. The van der Waals surface area contributed by atoms with Gasteiger partial charge in [0.05, 0.1) is 12.8 Å². The van der Waals surface area contributed by atoms with E-state index in [-0.39, 0.29) is 5.91 Å². The fraction of sp³-hybridized carbons (Fsp3) is 0.375. The molecule has 3 rings (SSSR count). The number of aryl methyl sites for hydroxylation is 1. The summed E-state index contributed by atoms with van der Waals surface area (Å²) < 4.78 is 7.06. The number of carbonyl (C=O) groups is 1. The fourth-order valence-electron chi connectivity index (χ4n) is 2.34. The predicted octanol–water partition coefficient (Wildman–Crippen LogP) is 3.15. The minimum Gasteiger partial charge on any atom is -0.495 e. The van der Waals surface area contributed by atoms with Crippen LogP contribution in [0.5, 0.6) is 5.75 Å². The standard InChI is InChI=1S/C16H19N5O2S/c1-9(2)7-14(22)17-12-8-11(5-6-13(12)23-4)15-20-21-10(3)18-19-16(21)24-15/h5-6,8-9H,7H2,1-4H3,(H,17,22). The number of fused-ring (bicyclic) bond motifs is 1. The van der Waals surface area contributed by atoms with E-state index in [0.717, 1.165) is 21.4 Å². The zero-order valence-corrected chi connectivity index (χ0v) is 14.8. The highest BCUT2D eigenvalue weighted by molar-refractivity contribution is 7.19.